The highest BCUT2D eigenvalue weighted by atomic mass is 16.5. The minimum Gasteiger partial charge on any atom is -0.483 e. The Labute approximate surface area is 160 Å². The number of azide groups is 1. The van der Waals surface area contributed by atoms with E-state index >= 15 is 0 Å². The highest BCUT2D eigenvalue weighted by Gasteiger charge is 2.27. The van der Waals surface area contributed by atoms with E-state index in [0.29, 0.717) is 11.8 Å². The van der Waals surface area contributed by atoms with Crippen LogP contribution in [0.15, 0.2) is 29.4 Å². The zero-order valence-corrected chi connectivity index (χ0v) is 16.5. The lowest BCUT2D eigenvalue weighted by molar-refractivity contribution is 0.211. The van der Waals surface area contributed by atoms with Gasteiger partial charge >= 0.3 is 0 Å². The quantitative estimate of drug-likeness (QED) is 0.387. The molecule has 0 radical (unpaired) electrons. The minimum absolute atomic E-state index is 0.120. The van der Waals surface area contributed by atoms with Crippen molar-refractivity contribution in [2.45, 2.75) is 70.4 Å². The fourth-order valence-electron chi connectivity index (χ4n) is 3.79. The van der Waals surface area contributed by atoms with Crippen molar-refractivity contribution >= 4 is 0 Å². The van der Waals surface area contributed by atoms with Crippen LogP contribution in [0.4, 0.5) is 0 Å². The summed E-state index contributed by atoms with van der Waals surface area (Å²) in [4.78, 5) is 2.93. The number of ether oxygens (including phenoxy) is 1. The van der Waals surface area contributed by atoms with Crippen molar-refractivity contribution in [3.8, 4) is 5.75 Å². The Kier molecular flexibility index (Phi) is 6.01. The molecule has 1 atom stereocenters. The van der Waals surface area contributed by atoms with Crippen molar-refractivity contribution in [1.29, 1.82) is 0 Å². The summed E-state index contributed by atoms with van der Waals surface area (Å²) in [5.41, 5.74) is 9.86. The first-order valence-electron chi connectivity index (χ1n) is 9.69. The molecule has 144 valence electrons. The second kappa shape index (κ2) is 8.44. The van der Waals surface area contributed by atoms with Gasteiger partial charge in [0.25, 0.3) is 0 Å². The number of benzene rings is 1. The van der Waals surface area contributed by atoms with Crippen LogP contribution in [-0.2, 0) is 7.05 Å². The average Bonchev–Trinajstić information content (AvgIpc) is 3.04. The lowest BCUT2D eigenvalue weighted by Crippen LogP contribution is -2.19. The molecular weight excluding hydrogens is 340 g/mol. The van der Waals surface area contributed by atoms with E-state index in [9.17, 15) is 0 Å². The normalized spacial score (nSPS) is 20.9. The highest BCUT2D eigenvalue weighted by Crippen LogP contribution is 2.34. The summed E-state index contributed by atoms with van der Waals surface area (Å²) in [7, 11) is 2.01. The van der Waals surface area contributed by atoms with Gasteiger partial charge in [0, 0.05) is 23.9 Å². The summed E-state index contributed by atoms with van der Waals surface area (Å²) in [6.45, 7) is 6.36. The standard InChI is InChI=1S/C20H28N6O/c1-13(2)16-6-5-7-18(12-16)27-14(3)19-23-24-20(26(19)4)15-8-10-17(11-9-15)22-25-21/h5-7,12-15,17H,8-11H2,1-4H3. The van der Waals surface area contributed by atoms with Crippen molar-refractivity contribution in [3.63, 3.8) is 0 Å². The van der Waals surface area contributed by atoms with Gasteiger partial charge in [-0.25, -0.2) is 0 Å². The second-order valence-electron chi connectivity index (χ2n) is 7.67. The van der Waals surface area contributed by atoms with Gasteiger partial charge < -0.3 is 9.30 Å². The lowest BCUT2D eigenvalue weighted by Gasteiger charge is -2.25. The third-order valence-electron chi connectivity index (χ3n) is 5.42. The molecule has 0 bridgehead atoms. The fourth-order valence-corrected chi connectivity index (χ4v) is 3.79. The van der Waals surface area contributed by atoms with Gasteiger partial charge in [-0.3, -0.25) is 0 Å². The summed E-state index contributed by atoms with van der Waals surface area (Å²) in [6.07, 6.45) is 3.58. The molecule has 7 heteroatoms. The zero-order chi connectivity index (χ0) is 19.4. The van der Waals surface area contributed by atoms with Crippen LogP contribution in [0, 0.1) is 0 Å². The Balaban J connectivity index is 1.69. The van der Waals surface area contributed by atoms with E-state index in [1.165, 1.54) is 5.56 Å². The van der Waals surface area contributed by atoms with Crippen molar-refractivity contribution in [3.05, 3.63) is 51.9 Å². The summed E-state index contributed by atoms with van der Waals surface area (Å²) in [6, 6.07) is 8.35. The molecule has 3 rings (SSSR count). The fraction of sp³-hybridized carbons (Fsp3) is 0.600. The van der Waals surface area contributed by atoms with E-state index in [4.69, 9.17) is 10.3 Å². The lowest BCUT2D eigenvalue weighted by atomic mass is 9.86. The predicted octanol–water partition coefficient (Wildman–Crippen LogP) is 5.42. The molecule has 0 saturated heterocycles. The third kappa shape index (κ3) is 4.42. The molecule has 1 aliphatic carbocycles. The topological polar surface area (TPSA) is 88.7 Å². The van der Waals surface area contributed by atoms with Crippen LogP contribution in [0.3, 0.4) is 0 Å². The molecule has 1 fully saturated rings. The van der Waals surface area contributed by atoms with E-state index in [0.717, 1.165) is 43.1 Å². The van der Waals surface area contributed by atoms with Gasteiger partial charge in [-0.15, -0.1) is 10.2 Å². The maximum Gasteiger partial charge on any atom is 0.173 e. The summed E-state index contributed by atoms with van der Waals surface area (Å²) in [5.74, 6) is 3.50. The Morgan fingerprint density at radius 2 is 1.93 bits per heavy atom. The molecule has 27 heavy (non-hydrogen) atoms. The molecule has 1 saturated carbocycles. The molecule has 1 aliphatic rings. The molecule has 0 amide bonds. The van der Waals surface area contributed by atoms with Crippen LogP contribution < -0.4 is 4.74 Å². The van der Waals surface area contributed by atoms with Crippen molar-refractivity contribution in [2.75, 3.05) is 0 Å². The van der Waals surface area contributed by atoms with Gasteiger partial charge in [0.05, 0.1) is 0 Å². The second-order valence-corrected chi connectivity index (χ2v) is 7.67. The molecule has 1 aromatic carbocycles. The van der Waals surface area contributed by atoms with Crippen LogP contribution in [-0.4, -0.2) is 20.8 Å². The van der Waals surface area contributed by atoms with Crippen molar-refractivity contribution in [2.24, 2.45) is 12.2 Å². The first-order chi connectivity index (χ1) is 13.0. The summed E-state index contributed by atoms with van der Waals surface area (Å²) >= 11 is 0. The zero-order valence-electron chi connectivity index (χ0n) is 16.5. The maximum atomic E-state index is 8.60. The Hall–Kier alpha value is -2.53. The predicted molar refractivity (Wildman–Crippen MR) is 105 cm³/mol. The molecule has 1 heterocycles. The van der Waals surface area contributed by atoms with Gasteiger partial charge in [-0.1, -0.05) is 31.1 Å². The number of rotatable bonds is 6. The van der Waals surface area contributed by atoms with Crippen LogP contribution in [0.25, 0.3) is 10.4 Å². The average molecular weight is 368 g/mol. The number of aromatic nitrogens is 3. The van der Waals surface area contributed by atoms with E-state index in [2.05, 4.69) is 50.8 Å². The first kappa shape index (κ1) is 19.2. The SMILES string of the molecule is CC(C)c1cccc(OC(C)c2nnc(C3CCC(N=[N+]=[N-])CC3)n2C)c1. The maximum absolute atomic E-state index is 8.60. The molecule has 0 N–H and O–H groups in total. The van der Waals surface area contributed by atoms with E-state index < -0.39 is 0 Å². The third-order valence-corrected chi connectivity index (χ3v) is 5.42. The first-order valence-corrected chi connectivity index (χ1v) is 9.69. The summed E-state index contributed by atoms with van der Waals surface area (Å²) in [5, 5.41) is 12.7. The molecule has 0 aliphatic heterocycles. The Morgan fingerprint density at radius 3 is 2.59 bits per heavy atom. The molecule has 1 unspecified atom stereocenters. The molecular formula is C20H28N6O. The minimum atomic E-state index is -0.182. The van der Waals surface area contributed by atoms with Gasteiger partial charge in [0.2, 0.25) is 0 Å². The van der Waals surface area contributed by atoms with Crippen molar-refractivity contribution < 1.29 is 4.74 Å². The van der Waals surface area contributed by atoms with Crippen molar-refractivity contribution in [1.82, 2.24) is 14.8 Å². The monoisotopic (exact) mass is 368 g/mol. The van der Waals surface area contributed by atoms with Crippen LogP contribution in [0.5, 0.6) is 5.75 Å². The number of hydrogen-bond acceptors (Lipinski definition) is 4. The largest absolute Gasteiger partial charge is 0.483 e. The molecule has 1 aromatic heterocycles. The van der Waals surface area contributed by atoms with Gasteiger partial charge in [0.1, 0.15) is 11.6 Å². The van der Waals surface area contributed by atoms with E-state index in [1.54, 1.807) is 0 Å². The van der Waals surface area contributed by atoms with E-state index in [1.807, 2.05) is 26.1 Å². The van der Waals surface area contributed by atoms with Gasteiger partial charge in [-0.2, -0.15) is 0 Å². The van der Waals surface area contributed by atoms with Crippen LogP contribution in [0.1, 0.15) is 81.6 Å². The molecule has 0 spiro atoms. The Bertz CT molecular complexity index is 816. The van der Waals surface area contributed by atoms with E-state index in [-0.39, 0.29) is 12.1 Å². The Morgan fingerprint density at radius 1 is 1.19 bits per heavy atom. The molecule has 7 nitrogen and oxygen atoms in total. The van der Waals surface area contributed by atoms with Crippen LogP contribution >= 0.6 is 0 Å². The smallest absolute Gasteiger partial charge is 0.173 e. The van der Waals surface area contributed by atoms with Gasteiger partial charge in [-0.05, 0) is 61.8 Å². The number of hydrogen-bond donors (Lipinski definition) is 0. The van der Waals surface area contributed by atoms with Crippen LogP contribution in [0.2, 0.25) is 0 Å². The summed E-state index contributed by atoms with van der Waals surface area (Å²) < 4.78 is 8.21. The van der Waals surface area contributed by atoms with Gasteiger partial charge in [0.15, 0.2) is 11.9 Å². The number of nitrogens with zero attached hydrogens (tertiary/aromatic N) is 6. The molecule has 2 aromatic rings. The highest BCUT2D eigenvalue weighted by molar-refractivity contribution is 5.30.